The molecule has 0 amide bonds. The Morgan fingerprint density at radius 2 is 1.62 bits per heavy atom. The van der Waals surface area contributed by atoms with Crippen LogP contribution in [0.5, 0.6) is 0 Å². The van der Waals surface area contributed by atoms with Crippen LogP contribution in [0.3, 0.4) is 0 Å². The summed E-state index contributed by atoms with van der Waals surface area (Å²) in [5.74, 6) is 0.106. The number of rotatable bonds is 6. The van der Waals surface area contributed by atoms with E-state index in [9.17, 15) is 18.3 Å². The van der Waals surface area contributed by atoms with Gasteiger partial charge in [0.1, 0.15) is 5.76 Å². The van der Waals surface area contributed by atoms with Crippen molar-refractivity contribution in [3.8, 4) is 0 Å². The van der Waals surface area contributed by atoms with E-state index in [1.165, 1.54) is 11.1 Å². The summed E-state index contributed by atoms with van der Waals surface area (Å²) in [6.07, 6.45) is 3.19. The highest BCUT2D eigenvalue weighted by Crippen LogP contribution is 2.40. The quantitative estimate of drug-likeness (QED) is 0.385. The second kappa shape index (κ2) is 10.1. The first kappa shape index (κ1) is 25.7. The van der Waals surface area contributed by atoms with Crippen molar-refractivity contribution in [1.29, 1.82) is 0 Å². The molecule has 2 aliphatic rings. The van der Waals surface area contributed by atoms with Crippen molar-refractivity contribution in [2.75, 3.05) is 5.75 Å². The molecule has 0 spiro atoms. The predicted molar refractivity (Wildman–Crippen MR) is 148 cm³/mol. The molecule has 2 unspecified atom stereocenters. The van der Waals surface area contributed by atoms with Crippen LogP contribution in [0.2, 0.25) is 5.02 Å². The van der Waals surface area contributed by atoms with Crippen LogP contribution in [0.4, 0.5) is 0 Å². The number of hydrogen-bond donors (Lipinski definition) is 1. The summed E-state index contributed by atoms with van der Waals surface area (Å²) in [7, 11) is -3.40. The molecule has 192 valence electrons. The topological polar surface area (TPSA) is 71.4 Å². The number of carbonyl (C=O) groups is 1. The van der Waals surface area contributed by atoms with Gasteiger partial charge in [0.05, 0.1) is 16.2 Å². The fourth-order valence-electron chi connectivity index (χ4n) is 6.02. The number of Topliss-reactive ketones (excluding diaryl/α,β-unsaturated/α-hetero) is 1. The van der Waals surface area contributed by atoms with E-state index in [-0.39, 0.29) is 29.1 Å². The highest BCUT2D eigenvalue weighted by atomic mass is 35.5. The number of benzene rings is 3. The summed E-state index contributed by atoms with van der Waals surface area (Å²) in [6, 6.07) is 18.4. The summed E-state index contributed by atoms with van der Waals surface area (Å²) in [5.41, 5.74) is 6.86. The number of allylic oxidation sites excluding steroid dienone is 2. The number of ketones is 1. The smallest absolute Gasteiger partial charge is 0.178 e. The van der Waals surface area contributed by atoms with Gasteiger partial charge in [0.25, 0.3) is 0 Å². The van der Waals surface area contributed by atoms with Gasteiger partial charge in [-0.15, -0.1) is 0 Å². The van der Waals surface area contributed by atoms with E-state index in [0.717, 1.165) is 35.1 Å². The zero-order valence-electron chi connectivity index (χ0n) is 21.1. The van der Waals surface area contributed by atoms with E-state index in [0.29, 0.717) is 34.8 Å². The molecule has 0 fully saturated rings. The van der Waals surface area contributed by atoms with Gasteiger partial charge in [0.15, 0.2) is 15.6 Å². The number of sulfone groups is 1. The van der Waals surface area contributed by atoms with Crippen LogP contribution in [0.15, 0.2) is 71.3 Å². The van der Waals surface area contributed by atoms with Crippen LogP contribution < -0.4 is 0 Å². The van der Waals surface area contributed by atoms with Gasteiger partial charge in [0, 0.05) is 17.4 Å². The summed E-state index contributed by atoms with van der Waals surface area (Å²) in [4.78, 5) is 13.3. The Morgan fingerprint density at radius 3 is 2.32 bits per heavy atom. The van der Waals surface area contributed by atoms with Crippen molar-refractivity contribution < 1.29 is 18.3 Å². The number of hydrogen-bond acceptors (Lipinski definition) is 4. The predicted octanol–water partition coefficient (Wildman–Crippen LogP) is 6.64. The van der Waals surface area contributed by atoms with Crippen molar-refractivity contribution in [3.05, 3.63) is 105 Å². The fourth-order valence-corrected chi connectivity index (χ4v) is 7.80. The molecule has 37 heavy (non-hydrogen) atoms. The van der Waals surface area contributed by atoms with Crippen LogP contribution in [-0.4, -0.2) is 25.1 Å². The van der Waals surface area contributed by atoms with E-state index >= 15 is 0 Å². The van der Waals surface area contributed by atoms with E-state index in [2.05, 4.69) is 12.1 Å². The number of carbonyl (C=O) groups excluding carboxylic acids is 1. The molecule has 4 nitrogen and oxygen atoms in total. The minimum absolute atomic E-state index is 0.00262. The standard InChI is InChI=1S/C31H31ClO4S/c1-19-5-3-6-20(2)29(19)30-28(33)17-24(31(30)34)16-23-8-4-7-22-15-21(9-14-27(22)23)18-37(35,36)26-12-10-25(32)11-13-26/h3-8,10-13,21,24,34H,9,14-18H2,1-2H3. The lowest BCUT2D eigenvalue weighted by Crippen LogP contribution is -2.24. The van der Waals surface area contributed by atoms with Crippen molar-refractivity contribution in [2.45, 2.75) is 50.8 Å². The maximum Gasteiger partial charge on any atom is 0.178 e. The maximum atomic E-state index is 13.0. The first-order valence-corrected chi connectivity index (χ1v) is 14.8. The Labute approximate surface area is 223 Å². The molecule has 0 aromatic heterocycles. The van der Waals surface area contributed by atoms with E-state index in [4.69, 9.17) is 11.6 Å². The molecule has 2 atom stereocenters. The largest absolute Gasteiger partial charge is 0.511 e. The fraction of sp³-hybridized carbons (Fsp3) is 0.323. The van der Waals surface area contributed by atoms with Crippen LogP contribution in [0, 0.1) is 25.7 Å². The lowest BCUT2D eigenvalue weighted by molar-refractivity contribution is -0.113. The van der Waals surface area contributed by atoms with Gasteiger partial charge in [0.2, 0.25) is 0 Å². The third-order valence-electron chi connectivity index (χ3n) is 7.86. The summed E-state index contributed by atoms with van der Waals surface area (Å²) < 4.78 is 26.0. The number of aliphatic hydroxyl groups is 1. The lowest BCUT2D eigenvalue weighted by Gasteiger charge is -2.27. The first-order valence-electron chi connectivity index (χ1n) is 12.7. The molecule has 3 aromatic carbocycles. The van der Waals surface area contributed by atoms with Gasteiger partial charge >= 0.3 is 0 Å². The summed E-state index contributed by atoms with van der Waals surface area (Å²) in [6.45, 7) is 3.95. The molecule has 5 rings (SSSR count). The van der Waals surface area contributed by atoms with Crippen LogP contribution in [0.25, 0.3) is 5.57 Å². The third-order valence-corrected chi connectivity index (χ3v) is 10.0. The van der Waals surface area contributed by atoms with Crippen molar-refractivity contribution >= 4 is 32.8 Å². The molecule has 3 aromatic rings. The Bertz CT molecular complexity index is 1480. The average Bonchev–Trinajstić information content (AvgIpc) is 3.12. The van der Waals surface area contributed by atoms with Crippen molar-refractivity contribution in [3.63, 3.8) is 0 Å². The summed E-state index contributed by atoms with van der Waals surface area (Å²) >= 11 is 5.92. The number of halogens is 1. The van der Waals surface area contributed by atoms with Gasteiger partial charge in [-0.1, -0.05) is 48.0 Å². The molecule has 0 saturated heterocycles. The van der Waals surface area contributed by atoms with Crippen LogP contribution in [-0.2, 0) is 33.9 Å². The Kier molecular flexibility index (Phi) is 7.03. The molecule has 2 aliphatic carbocycles. The molecule has 0 heterocycles. The normalized spacial score (nSPS) is 19.8. The van der Waals surface area contributed by atoms with E-state index in [1.807, 2.05) is 38.1 Å². The molecular weight excluding hydrogens is 504 g/mol. The molecule has 0 bridgehead atoms. The van der Waals surface area contributed by atoms with E-state index in [1.54, 1.807) is 24.3 Å². The highest BCUT2D eigenvalue weighted by Gasteiger charge is 2.35. The monoisotopic (exact) mass is 534 g/mol. The Hall–Kier alpha value is -2.89. The van der Waals surface area contributed by atoms with Gasteiger partial charge in [-0.25, -0.2) is 8.42 Å². The lowest BCUT2D eigenvalue weighted by atomic mass is 9.80. The number of fused-ring (bicyclic) bond motifs is 1. The second-order valence-corrected chi connectivity index (χ2v) is 12.9. The van der Waals surface area contributed by atoms with Crippen molar-refractivity contribution in [2.24, 2.45) is 11.8 Å². The third kappa shape index (κ3) is 5.12. The van der Waals surface area contributed by atoms with Crippen LogP contribution in [0.1, 0.15) is 46.2 Å². The maximum absolute atomic E-state index is 13.0. The Morgan fingerprint density at radius 1 is 0.946 bits per heavy atom. The molecular formula is C31H31ClO4S. The van der Waals surface area contributed by atoms with Crippen molar-refractivity contribution in [1.82, 2.24) is 0 Å². The number of aliphatic hydroxyl groups excluding tert-OH is 1. The SMILES string of the molecule is Cc1cccc(C)c1C1=C(O)C(Cc2cccc3c2CCC(CS(=O)(=O)c2ccc(Cl)cc2)C3)CC1=O. The minimum atomic E-state index is -3.40. The molecule has 1 N–H and O–H groups in total. The van der Waals surface area contributed by atoms with Crippen LogP contribution >= 0.6 is 11.6 Å². The first-order chi connectivity index (χ1) is 17.6. The number of aryl methyl sites for hydroxylation is 2. The van der Waals surface area contributed by atoms with Gasteiger partial charge in [-0.05, 0) is 103 Å². The second-order valence-electron chi connectivity index (χ2n) is 10.5. The highest BCUT2D eigenvalue weighted by molar-refractivity contribution is 7.91. The minimum Gasteiger partial charge on any atom is -0.511 e. The van der Waals surface area contributed by atoms with E-state index < -0.39 is 9.84 Å². The average molecular weight is 535 g/mol. The summed E-state index contributed by atoms with van der Waals surface area (Å²) in [5, 5.41) is 11.7. The Balaban J connectivity index is 1.35. The molecule has 0 radical (unpaired) electrons. The van der Waals surface area contributed by atoms with Gasteiger partial charge in [-0.2, -0.15) is 0 Å². The van der Waals surface area contributed by atoms with Gasteiger partial charge < -0.3 is 5.11 Å². The molecule has 6 heteroatoms. The molecule has 0 saturated carbocycles. The van der Waals surface area contributed by atoms with Gasteiger partial charge in [-0.3, -0.25) is 4.79 Å². The molecule has 0 aliphatic heterocycles. The zero-order valence-corrected chi connectivity index (χ0v) is 22.7. The zero-order chi connectivity index (χ0) is 26.3.